The van der Waals surface area contributed by atoms with Crippen LogP contribution in [0.5, 0.6) is 0 Å². The molecule has 5 heteroatoms. The van der Waals surface area contributed by atoms with Crippen LogP contribution in [0.3, 0.4) is 0 Å². The molecule has 0 bridgehead atoms. The third-order valence-corrected chi connectivity index (χ3v) is 5.20. The van der Waals surface area contributed by atoms with E-state index in [1.807, 2.05) is 0 Å². The van der Waals surface area contributed by atoms with Crippen LogP contribution >= 0.6 is 11.3 Å². The van der Waals surface area contributed by atoms with Gasteiger partial charge in [0.1, 0.15) is 0 Å². The summed E-state index contributed by atoms with van der Waals surface area (Å²) in [5, 5.41) is 6.84. The van der Waals surface area contributed by atoms with E-state index in [-0.39, 0.29) is 0 Å². The molecule has 1 aliphatic rings. The molecular weight excluding hydrogens is 292 g/mol. The average molecular weight is 323 g/mol. The first-order chi connectivity index (χ1) is 10.4. The SMILES string of the molecule is CCNC(=NCCc1csc(C(C)C)n1)N1CCC(C)(C)C1. The van der Waals surface area contributed by atoms with Crippen LogP contribution in [0.25, 0.3) is 0 Å². The third-order valence-electron chi connectivity index (χ3n) is 4.00. The lowest BCUT2D eigenvalue weighted by atomic mass is 9.93. The van der Waals surface area contributed by atoms with E-state index in [0.717, 1.165) is 38.6 Å². The Hall–Kier alpha value is -1.10. The van der Waals surface area contributed by atoms with Gasteiger partial charge in [0.05, 0.1) is 10.7 Å². The van der Waals surface area contributed by atoms with Gasteiger partial charge in [0.15, 0.2) is 5.96 Å². The number of hydrogen-bond acceptors (Lipinski definition) is 3. The molecule has 0 aliphatic carbocycles. The van der Waals surface area contributed by atoms with Gasteiger partial charge in [0, 0.05) is 43.9 Å². The van der Waals surface area contributed by atoms with E-state index in [4.69, 9.17) is 4.99 Å². The molecule has 1 fully saturated rings. The van der Waals surface area contributed by atoms with Gasteiger partial charge in [-0.2, -0.15) is 0 Å². The number of rotatable bonds is 5. The summed E-state index contributed by atoms with van der Waals surface area (Å²) in [6.07, 6.45) is 2.16. The van der Waals surface area contributed by atoms with Crippen LogP contribution in [-0.2, 0) is 6.42 Å². The summed E-state index contributed by atoms with van der Waals surface area (Å²) in [6.45, 7) is 15.1. The fourth-order valence-corrected chi connectivity index (χ4v) is 3.57. The Labute approximate surface area is 139 Å². The van der Waals surface area contributed by atoms with Crippen LogP contribution in [0, 0.1) is 5.41 Å². The van der Waals surface area contributed by atoms with Gasteiger partial charge in [-0.3, -0.25) is 4.99 Å². The van der Waals surface area contributed by atoms with E-state index in [9.17, 15) is 0 Å². The molecule has 0 saturated carbocycles. The average Bonchev–Trinajstić information content (AvgIpc) is 3.04. The summed E-state index contributed by atoms with van der Waals surface area (Å²) in [7, 11) is 0. The number of hydrogen-bond donors (Lipinski definition) is 1. The van der Waals surface area contributed by atoms with Crippen molar-refractivity contribution in [2.45, 2.75) is 53.4 Å². The number of nitrogens with one attached hydrogen (secondary N) is 1. The van der Waals surface area contributed by atoms with Gasteiger partial charge in [-0.05, 0) is 18.8 Å². The standard InChI is InChI=1S/C17H30N4S/c1-6-18-16(21-10-8-17(4,5)12-21)19-9-7-14-11-22-15(20-14)13(2)3/h11,13H,6-10,12H2,1-5H3,(H,18,19). The number of aromatic nitrogens is 1. The highest BCUT2D eigenvalue weighted by Crippen LogP contribution is 2.28. The molecule has 1 aromatic heterocycles. The van der Waals surface area contributed by atoms with Crippen LogP contribution in [0.15, 0.2) is 10.4 Å². The fourth-order valence-electron chi connectivity index (χ4n) is 2.70. The molecule has 1 saturated heterocycles. The van der Waals surface area contributed by atoms with Crippen LogP contribution in [0.4, 0.5) is 0 Å². The first-order valence-electron chi connectivity index (χ1n) is 8.39. The summed E-state index contributed by atoms with van der Waals surface area (Å²) in [4.78, 5) is 11.9. The lowest BCUT2D eigenvalue weighted by molar-refractivity contribution is 0.370. The predicted octanol–water partition coefficient (Wildman–Crippen LogP) is 3.51. The second kappa shape index (κ2) is 7.44. The Kier molecular flexibility index (Phi) is 5.84. The Balaban J connectivity index is 1.92. The first-order valence-corrected chi connectivity index (χ1v) is 9.27. The minimum atomic E-state index is 0.400. The van der Waals surface area contributed by atoms with Gasteiger partial charge < -0.3 is 10.2 Å². The van der Waals surface area contributed by atoms with Crippen molar-refractivity contribution in [3.8, 4) is 0 Å². The van der Waals surface area contributed by atoms with Crippen molar-refractivity contribution < 1.29 is 0 Å². The normalized spacial score (nSPS) is 18.3. The Morgan fingerprint density at radius 2 is 2.27 bits per heavy atom. The molecule has 124 valence electrons. The summed E-state index contributed by atoms with van der Waals surface area (Å²) < 4.78 is 0. The molecule has 0 atom stereocenters. The molecule has 0 amide bonds. The van der Waals surface area contributed by atoms with E-state index in [2.05, 4.69) is 55.2 Å². The summed E-state index contributed by atoms with van der Waals surface area (Å²) >= 11 is 1.77. The minimum Gasteiger partial charge on any atom is -0.357 e. The van der Waals surface area contributed by atoms with Crippen molar-refractivity contribution >= 4 is 17.3 Å². The highest BCUT2D eigenvalue weighted by atomic mass is 32.1. The van der Waals surface area contributed by atoms with E-state index in [0.29, 0.717) is 11.3 Å². The zero-order valence-electron chi connectivity index (χ0n) is 14.6. The van der Waals surface area contributed by atoms with Crippen LogP contribution in [0.2, 0.25) is 0 Å². The maximum Gasteiger partial charge on any atom is 0.193 e. The van der Waals surface area contributed by atoms with Gasteiger partial charge in [-0.15, -0.1) is 11.3 Å². The molecule has 0 aromatic carbocycles. The van der Waals surface area contributed by atoms with Gasteiger partial charge in [-0.25, -0.2) is 4.98 Å². The monoisotopic (exact) mass is 322 g/mol. The summed E-state index contributed by atoms with van der Waals surface area (Å²) in [6, 6.07) is 0. The quantitative estimate of drug-likeness (QED) is 0.666. The van der Waals surface area contributed by atoms with E-state index in [1.54, 1.807) is 11.3 Å². The second-order valence-electron chi connectivity index (χ2n) is 7.15. The Morgan fingerprint density at radius 1 is 1.50 bits per heavy atom. The van der Waals surface area contributed by atoms with Gasteiger partial charge in [0.2, 0.25) is 0 Å². The van der Waals surface area contributed by atoms with Crippen molar-refractivity contribution in [2.75, 3.05) is 26.2 Å². The number of likely N-dealkylation sites (tertiary alicyclic amines) is 1. The molecule has 1 aliphatic heterocycles. The Morgan fingerprint density at radius 3 is 2.82 bits per heavy atom. The van der Waals surface area contributed by atoms with Crippen molar-refractivity contribution in [2.24, 2.45) is 10.4 Å². The minimum absolute atomic E-state index is 0.400. The molecule has 4 nitrogen and oxygen atoms in total. The molecule has 0 unspecified atom stereocenters. The smallest absolute Gasteiger partial charge is 0.193 e. The Bertz CT molecular complexity index is 505. The number of nitrogens with zero attached hydrogens (tertiary/aromatic N) is 3. The van der Waals surface area contributed by atoms with E-state index >= 15 is 0 Å². The van der Waals surface area contributed by atoms with Crippen molar-refractivity contribution in [1.82, 2.24) is 15.2 Å². The molecule has 1 aromatic rings. The van der Waals surface area contributed by atoms with E-state index < -0.39 is 0 Å². The molecule has 0 radical (unpaired) electrons. The topological polar surface area (TPSA) is 40.5 Å². The van der Waals surface area contributed by atoms with Crippen molar-refractivity contribution in [3.05, 3.63) is 16.1 Å². The maximum absolute atomic E-state index is 4.81. The molecular formula is C17H30N4S. The van der Waals surface area contributed by atoms with Crippen LogP contribution in [0.1, 0.15) is 57.7 Å². The summed E-state index contributed by atoms with van der Waals surface area (Å²) in [5.41, 5.74) is 1.58. The predicted molar refractivity (Wildman–Crippen MR) is 95.9 cm³/mol. The fraction of sp³-hybridized carbons (Fsp3) is 0.765. The molecule has 2 rings (SSSR count). The van der Waals surface area contributed by atoms with Crippen LogP contribution < -0.4 is 5.32 Å². The third kappa shape index (κ3) is 4.70. The lowest BCUT2D eigenvalue weighted by Crippen LogP contribution is -2.40. The highest BCUT2D eigenvalue weighted by molar-refractivity contribution is 7.09. The first kappa shape index (κ1) is 17.3. The number of aliphatic imine (C=N–C) groups is 1. The van der Waals surface area contributed by atoms with E-state index in [1.165, 1.54) is 17.1 Å². The molecule has 0 spiro atoms. The molecule has 22 heavy (non-hydrogen) atoms. The van der Waals surface area contributed by atoms with Crippen LogP contribution in [-0.4, -0.2) is 42.0 Å². The maximum atomic E-state index is 4.81. The molecule has 2 heterocycles. The summed E-state index contributed by atoms with van der Waals surface area (Å²) in [5.74, 6) is 1.58. The van der Waals surface area contributed by atoms with Gasteiger partial charge in [-0.1, -0.05) is 27.7 Å². The zero-order valence-corrected chi connectivity index (χ0v) is 15.5. The largest absolute Gasteiger partial charge is 0.357 e. The zero-order chi connectivity index (χ0) is 16.2. The molecule has 1 N–H and O–H groups in total. The van der Waals surface area contributed by atoms with Crippen molar-refractivity contribution in [3.63, 3.8) is 0 Å². The number of thiazole rings is 1. The van der Waals surface area contributed by atoms with Crippen molar-refractivity contribution in [1.29, 1.82) is 0 Å². The second-order valence-corrected chi connectivity index (χ2v) is 8.04. The van der Waals surface area contributed by atoms with Gasteiger partial charge >= 0.3 is 0 Å². The highest BCUT2D eigenvalue weighted by Gasteiger charge is 2.30. The lowest BCUT2D eigenvalue weighted by Gasteiger charge is -2.23. The van der Waals surface area contributed by atoms with Gasteiger partial charge in [0.25, 0.3) is 0 Å². The number of guanidine groups is 1.